The van der Waals surface area contributed by atoms with Crippen LogP contribution >= 0.6 is 23.1 Å². The maximum atomic E-state index is 14.1. The standard InChI is InChI=1S/C43H41N3O5S2/c1-27(2)29-23-21-28(22-24-29)25-35(45-39(47)31-15-8-5-9-16-31)40(48)44-32-17-12-18-33(26-32)52-38(30-13-6-4-7-14-30)41(49)46-42-37(43(50)51-3)34-19-10-11-20-36(34)53-42/h4-9,12-18,21-27,38H,10-11,19-20H2,1-3H3,(H,44,48)(H,45,47)(H,46,49)/b35-25+. The first-order valence-electron chi connectivity index (χ1n) is 17.5. The molecular formula is C43H41N3O5S2. The molecular weight excluding hydrogens is 703 g/mol. The fraction of sp³-hybridized carbons (Fsp3) is 0.209. The van der Waals surface area contributed by atoms with Crippen molar-refractivity contribution in [2.24, 2.45) is 0 Å². The number of thioether (sulfide) groups is 1. The molecule has 0 fully saturated rings. The normalized spacial score (nSPS) is 13.1. The zero-order valence-corrected chi connectivity index (χ0v) is 31.4. The van der Waals surface area contributed by atoms with E-state index >= 15 is 0 Å². The summed E-state index contributed by atoms with van der Waals surface area (Å²) in [7, 11) is 1.36. The highest BCUT2D eigenvalue weighted by Gasteiger charge is 2.30. The average Bonchev–Trinajstić information content (AvgIpc) is 3.55. The second-order valence-corrected chi connectivity index (χ2v) is 15.3. The average molecular weight is 744 g/mol. The van der Waals surface area contributed by atoms with Crippen LogP contribution in [0.5, 0.6) is 0 Å². The molecule has 3 amide bonds. The monoisotopic (exact) mass is 743 g/mol. The second-order valence-electron chi connectivity index (χ2n) is 13.0. The number of hydrogen-bond acceptors (Lipinski definition) is 7. The van der Waals surface area contributed by atoms with Gasteiger partial charge in [-0.05, 0) is 90.3 Å². The van der Waals surface area contributed by atoms with Crippen LogP contribution in [0.3, 0.4) is 0 Å². The summed E-state index contributed by atoms with van der Waals surface area (Å²) < 4.78 is 5.12. The molecule has 1 heterocycles. The number of benzene rings is 4. The van der Waals surface area contributed by atoms with E-state index in [0.717, 1.165) is 57.7 Å². The molecule has 6 rings (SSSR count). The summed E-state index contributed by atoms with van der Waals surface area (Å²) in [5.41, 5.74) is 5.11. The van der Waals surface area contributed by atoms with Crippen LogP contribution < -0.4 is 16.0 Å². The lowest BCUT2D eigenvalue weighted by molar-refractivity contribution is -0.116. The molecule has 0 radical (unpaired) electrons. The molecule has 1 atom stereocenters. The van der Waals surface area contributed by atoms with E-state index in [9.17, 15) is 19.2 Å². The Morgan fingerprint density at radius 2 is 1.49 bits per heavy atom. The van der Waals surface area contributed by atoms with Crippen molar-refractivity contribution in [1.82, 2.24) is 5.32 Å². The summed E-state index contributed by atoms with van der Waals surface area (Å²) in [6, 6.07) is 33.2. The smallest absolute Gasteiger partial charge is 0.341 e. The molecule has 0 saturated carbocycles. The van der Waals surface area contributed by atoms with Crippen LogP contribution in [0.4, 0.5) is 10.7 Å². The van der Waals surface area contributed by atoms with Crippen LogP contribution in [0.15, 0.2) is 120 Å². The van der Waals surface area contributed by atoms with E-state index in [0.29, 0.717) is 27.7 Å². The lowest BCUT2D eigenvalue weighted by atomic mass is 9.95. The maximum Gasteiger partial charge on any atom is 0.341 e. The van der Waals surface area contributed by atoms with Gasteiger partial charge in [0.2, 0.25) is 5.91 Å². The highest BCUT2D eigenvalue weighted by atomic mass is 32.2. The molecule has 8 nitrogen and oxygen atoms in total. The summed E-state index contributed by atoms with van der Waals surface area (Å²) in [5.74, 6) is -1.29. The van der Waals surface area contributed by atoms with Crippen molar-refractivity contribution in [2.75, 3.05) is 17.7 Å². The second kappa shape index (κ2) is 17.4. The number of carbonyl (C=O) groups excluding carboxylic acids is 4. The Kier molecular flexibility index (Phi) is 12.2. The van der Waals surface area contributed by atoms with E-state index in [-0.39, 0.29) is 11.6 Å². The number of esters is 1. The van der Waals surface area contributed by atoms with E-state index in [1.54, 1.807) is 48.5 Å². The van der Waals surface area contributed by atoms with Crippen molar-refractivity contribution in [2.45, 2.75) is 55.6 Å². The van der Waals surface area contributed by atoms with E-state index in [4.69, 9.17) is 4.74 Å². The van der Waals surface area contributed by atoms with Gasteiger partial charge in [-0.2, -0.15) is 0 Å². The fourth-order valence-electron chi connectivity index (χ4n) is 6.12. The molecule has 5 aromatic rings. The molecule has 1 aliphatic carbocycles. The third-order valence-corrected chi connectivity index (χ3v) is 11.4. The minimum atomic E-state index is -0.679. The van der Waals surface area contributed by atoms with Gasteiger partial charge in [0, 0.05) is 21.0 Å². The van der Waals surface area contributed by atoms with Gasteiger partial charge in [0.15, 0.2) is 0 Å². The third kappa shape index (κ3) is 9.32. The molecule has 1 unspecified atom stereocenters. The van der Waals surface area contributed by atoms with Crippen LogP contribution in [-0.4, -0.2) is 30.8 Å². The molecule has 0 spiro atoms. The van der Waals surface area contributed by atoms with Crippen molar-refractivity contribution >= 4 is 63.6 Å². The first-order valence-corrected chi connectivity index (χ1v) is 19.2. The van der Waals surface area contributed by atoms with E-state index in [1.165, 1.54) is 30.2 Å². The number of anilines is 2. The van der Waals surface area contributed by atoms with Gasteiger partial charge in [-0.3, -0.25) is 14.4 Å². The molecule has 4 aromatic carbocycles. The van der Waals surface area contributed by atoms with E-state index in [1.807, 2.05) is 66.7 Å². The molecule has 0 saturated heterocycles. The third-order valence-electron chi connectivity index (χ3n) is 8.93. The molecule has 0 bridgehead atoms. The predicted octanol–water partition coefficient (Wildman–Crippen LogP) is 9.42. The van der Waals surface area contributed by atoms with Crippen molar-refractivity contribution < 1.29 is 23.9 Å². The first kappa shape index (κ1) is 37.3. The number of methoxy groups -OCH3 is 1. The molecule has 10 heteroatoms. The zero-order valence-electron chi connectivity index (χ0n) is 29.8. The summed E-state index contributed by atoms with van der Waals surface area (Å²) in [5, 5.41) is 8.64. The predicted molar refractivity (Wildman–Crippen MR) is 213 cm³/mol. The SMILES string of the molecule is COC(=O)c1c(NC(=O)C(Sc2cccc(NC(=O)/C(=C\c3ccc(C(C)C)cc3)NC(=O)c3ccccc3)c2)c2ccccc2)sc2c1CCCC2. The topological polar surface area (TPSA) is 114 Å². The van der Waals surface area contributed by atoms with Gasteiger partial charge in [-0.15, -0.1) is 23.1 Å². The summed E-state index contributed by atoms with van der Waals surface area (Å²) in [6.45, 7) is 4.23. The minimum absolute atomic E-state index is 0.0794. The summed E-state index contributed by atoms with van der Waals surface area (Å²) in [6.07, 6.45) is 5.32. The Morgan fingerprint density at radius 3 is 2.19 bits per heavy atom. The number of nitrogens with one attached hydrogen (secondary N) is 3. The van der Waals surface area contributed by atoms with Crippen molar-refractivity contribution in [3.05, 3.63) is 153 Å². The van der Waals surface area contributed by atoms with Gasteiger partial charge >= 0.3 is 5.97 Å². The number of hydrogen-bond donors (Lipinski definition) is 3. The Hall–Kier alpha value is -5.45. The van der Waals surface area contributed by atoms with Crippen LogP contribution in [0.25, 0.3) is 6.08 Å². The Labute approximate surface area is 318 Å². The Morgan fingerprint density at radius 1 is 0.792 bits per heavy atom. The van der Waals surface area contributed by atoms with E-state index in [2.05, 4.69) is 29.8 Å². The van der Waals surface area contributed by atoms with Crippen molar-refractivity contribution in [3.63, 3.8) is 0 Å². The van der Waals surface area contributed by atoms with Gasteiger partial charge < -0.3 is 20.7 Å². The lowest BCUT2D eigenvalue weighted by Gasteiger charge is -2.18. The highest BCUT2D eigenvalue weighted by molar-refractivity contribution is 8.00. The molecule has 3 N–H and O–H groups in total. The van der Waals surface area contributed by atoms with Crippen LogP contribution in [-0.2, 0) is 27.2 Å². The van der Waals surface area contributed by atoms with Gasteiger partial charge in [-0.25, -0.2) is 4.79 Å². The van der Waals surface area contributed by atoms with Gasteiger partial charge in [-0.1, -0.05) is 92.7 Å². The van der Waals surface area contributed by atoms with Crippen LogP contribution in [0.1, 0.15) is 85.7 Å². The molecule has 53 heavy (non-hydrogen) atoms. The quantitative estimate of drug-likeness (QED) is 0.0667. The zero-order chi connectivity index (χ0) is 37.3. The van der Waals surface area contributed by atoms with Gasteiger partial charge in [0.1, 0.15) is 15.9 Å². The first-order chi connectivity index (χ1) is 25.7. The molecule has 270 valence electrons. The molecule has 0 aliphatic heterocycles. The minimum Gasteiger partial charge on any atom is -0.465 e. The lowest BCUT2D eigenvalue weighted by Crippen LogP contribution is -2.30. The summed E-state index contributed by atoms with van der Waals surface area (Å²) >= 11 is 2.77. The largest absolute Gasteiger partial charge is 0.465 e. The summed E-state index contributed by atoms with van der Waals surface area (Å²) in [4.78, 5) is 55.8. The fourth-order valence-corrected chi connectivity index (χ4v) is 8.48. The maximum absolute atomic E-state index is 14.1. The van der Waals surface area contributed by atoms with Crippen LogP contribution in [0.2, 0.25) is 0 Å². The number of rotatable bonds is 12. The number of amides is 3. The van der Waals surface area contributed by atoms with Gasteiger partial charge in [0.05, 0.1) is 12.7 Å². The van der Waals surface area contributed by atoms with Gasteiger partial charge in [0.25, 0.3) is 11.8 Å². The Bertz CT molecular complexity index is 2130. The number of fused-ring (bicyclic) bond motifs is 1. The van der Waals surface area contributed by atoms with Crippen LogP contribution in [0, 0.1) is 0 Å². The number of aryl methyl sites for hydroxylation is 1. The number of ether oxygens (including phenoxy) is 1. The van der Waals surface area contributed by atoms with Crippen molar-refractivity contribution in [3.8, 4) is 0 Å². The molecule has 1 aromatic heterocycles. The van der Waals surface area contributed by atoms with Crippen molar-refractivity contribution in [1.29, 1.82) is 0 Å². The number of carbonyl (C=O) groups is 4. The molecule has 1 aliphatic rings. The van der Waals surface area contributed by atoms with E-state index < -0.39 is 23.0 Å². The highest BCUT2D eigenvalue weighted by Crippen LogP contribution is 2.41. The number of thiophene rings is 1. The Balaban J connectivity index is 1.25.